The van der Waals surface area contributed by atoms with Crippen molar-refractivity contribution in [3.05, 3.63) is 5.21 Å². The van der Waals surface area contributed by atoms with E-state index in [1.165, 1.54) is 5.01 Å². The van der Waals surface area contributed by atoms with E-state index in [9.17, 15) is 10.0 Å². The van der Waals surface area contributed by atoms with Gasteiger partial charge in [0.25, 0.3) is 6.79 Å². The van der Waals surface area contributed by atoms with Gasteiger partial charge in [0.1, 0.15) is 5.60 Å². The third-order valence-corrected chi connectivity index (χ3v) is 2.18. The first kappa shape index (κ1) is 15.3. The maximum atomic E-state index is 11.3. The van der Waals surface area contributed by atoms with Crippen molar-refractivity contribution >= 4 is 6.16 Å². The molecule has 1 aliphatic heterocycles. The number of ether oxygens (including phenoxy) is 2. The van der Waals surface area contributed by atoms with E-state index in [1.54, 1.807) is 20.8 Å². The zero-order valence-corrected chi connectivity index (χ0v) is 11.2. The molecule has 9 heteroatoms. The van der Waals surface area contributed by atoms with E-state index in [0.717, 1.165) is 0 Å². The summed E-state index contributed by atoms with van der Waals surface area (Å²) in [6.07, 6.45) is -0.899. The molecule has 0 aromatic rings. The molecule has 0 spiro atoms. The summed E-state index contributed by atoms with van der Waals surface area (Å²) in [6, 6.07) is 0. The van der Waals surface area contributed by atoms with Crippen molar-refractivity contribution in [2.24, 2.45) is 11.2 Å². The van der Waals surface area contributed by atoms with Crippen LogP contribution in [0.5, 0.6) is 0 Å². The molecule has 0 aromatic heterocycles. The number of hydrazine groups is 1. The Morgan fingerprint density at radius 2 is 2.16 bits per heavy atom. The summed E-state index contributed by atoms with van der Waals surface area (Å²) in [4.78, 5) is 15.9. The van der Waals surface area contributed by atoms with Gasteiger partial charge in [-0.2, -0.15) is 0 Å². The first-order valence-corrected chi connectivity index (χ1v) is 5.83. The van der Waals surface area contributed by atoms with Crippen LogP contribution in [0.1, 0.15) is 20.8 Å². The van der Waals surface area contributed by atoms with Crippen LogP contribution in [-0.2, 0) is 14.3 Å². The number of carbonyl (C=O) groups excluding carboxylic acids is 1. The van der Waals surface area contributed by atoms with Crippen molar-refractivity contribution in [2.45, 2.75) is 26.4 Å². The van der Waals surface area contributed by atoms with Crippen molar-refractivity contribution in [1.82, 2.24) is 5.01 Å². The second-order valence-corrected chi connectivity index (χ2v) is 5.11. The number of hydrogen-bond acceptors (Lipinski definition) is 7. The number of aliphatic hydroxyl groups excluding tert-OH is 1. The van der Waals surface area contributed by atoms with Crippen molar-refractivity contribution in [2.75, 3.05) is 26.5 Å². The van der Waals surface area contributed by atoms with Crippen LogP contribution in [0.25, 0.3) is 0 Å². The quantitative estimate of drug-likeness (QED) is 0.196. The highest BCUT2D eigenvalue weighted by atomic mass is 16.8. The normalized spacial score (nSPS) is 16.8. The fourth-order valence-electron chi connectivity index (χ4n) is 1.28. The third kappa shape index (κ3) is 5.60. The Hall–Kier alpha value is -1.77. The molecule has 0 amide bonds. The standard InChI is InChI=1S/C10H19N3O6/c1-10(2,3)19-9(15)17-7-18-11-13(16)12-4-8(5-12)6-14/h8,14H,4-7H2,1-3H3. The maximum absolute atomic E-state index is 11.3. The Labute approximate surface area is 110 Å². The van der Waals surface area contributed by atoms with Crippen molar-refractivity contribution in [1.29, 1.82) is 0 Å². The molecule has 1 heterocycles. The summed E-state index contributed by atoms with van der Waals surface area (Å²) in [5.41, 5.74) is -0.657. The van der Waals surface area contributed by atoms with Gasteiger partial charge < -0.3 is 24.6 Å². The van der Waals surface area contributed by atoms with Gasteiger partial charge in [0.15, 0.2) is 0 Å². The lowest BCUT2D eigenvalue weighted by atomic mass is 10.0. The highest BCUT2D eigenvalue weighted by Gasteiger charge is 2.32. The lowest BCUT2D eigenvalue weighted by Gasteiger charge is -2.32. The Morgan fingerprint density at radius 3 is 2.68 bits per heavy atom. The molecular weight excluding hydrogens is 258 g/mol. The van der Waals surface area contributed by atoms with Gasteiger partial charge in [-0.05, 0) is 20.8 Å². The van der Waals surface area contributed by atoms with Crippen LogP contribution >= 0.6 is 0 Å². The fourth-order valence-corrected chi connectivity index (χ4v) is 1.28. The topological polar surface area (TPSA) is 107 Å². The van der Waals surface area contributed by atoms with E-state index in [0.29, 0.717) is 13.1 Å². The third-order valence-electron chi connectivity index (χ3n) is 2.18. The van der Waals surface area contributed by atoms with Gasteiger partial charge >= 0.3 is 6.16 Å². The summed E-state index contributed by atoms with van der Waals surface area (Å²) >= 11 is 0. The van der Waals surface area contributed by atoms with Gasteiger partial charge in [0, 0.05) is 12.5 Å². The number of hydrogen-bond donors (Lipinski definition) is 1. The smallest absolute Gasteiger partial charge is 0.511 e. The summed E-state index contributed by atoms with van der Waals surface area (Å²) in [6.45, 7) is 5.44. The van der Waals surface area contributed by atoms with E-state index in [2.05, 4.69) is 14.9 Å². The van der Waals surface area contributed by atoms with E-state index < -0.39 is 18.5 Å². The highest BCUT2D eigenvalue weighted by Crippen LogP contribution is 2.14. The average molecular weight is 277 g/mol. The molecule has 1 saturated heterocycles. The summed E-state index contributed by atoms with van der Waals surface area (Å²) in [5, 5.41) is 24.5. The monoisotopic (exact) mass is 277 g/mol. The zero-order chi connectivity index (χ0) is 14.5. The van der Waals surface area contributed by atoms with Crippen LogP contribution in [-0.4, -0.2) is 53.3 Å². The van der Waals surface area contributed by atoms with Crippen molar-refractivity contribution in [3.8, 4) is 0 Å². The second kappa shape index (κ2) is 6.41. The van der Waals surface area contributed by atoms with E-state index >= 15 is 0 Å². The molecular formula is C10H19N3O6. The highest BCUT2D eigenvalue weighted by molar-refractivity contribution is 5.60. The first-order valence-electron chi connectivity index (χ1n) is 5.83. The summed E-state index contributed by atoms with van der Waals surface area (Å²) in [7, 11) is 0. The minimum Gasteiger partial charge on any atom is -0.569 e. The van der Waals surface area contributed by atoms with Crippen LogP contribution < -0.4 is 0 Å². The molecule has 0 unspecified atom stereocenters. The van der Waals surface area contributed by atoms with Crippen molar-refractivity contribution in [3.63, 3.8) is 0 Å². The minimum absolute atomic E-state index is 0.0347. The van der Waals surface area contributed by atoms with Gasteiger partial charge in [0.05, 0.1) is 18.1 Å². The molecule has 1 aliphatic rings. The van der Waals surface area contributed by atoms with Gasteiger partial charge in [-0.15, -0.1) is 5.01 Å². The number of aliphatic hydroxyl groups is 1. The predicted octanol–water partition coefficient (Wildman–Crippen LogP) is 0.629. The largest absolute Gasteiger partial charge is 0.569 e. The molecule has 0 atom stereocenters. The molecule has 0 saturated carbocycles. The Bertz CT molecular complexity index is 335. The van der Waals surface area contributed by atoms with Crippen LogP contribution in [0.3, 0.4) is 0 Å². The molecule has 19 heavy (non-hydrogen) atoms. The molecule has 110 valence electrons. The van der Waals surface area contributed by atoms with E-state index in [1.807, 2.05) is 0 Å². The summed E-state index contributed by atoms with van der Waals surface area (Å²) in [5.74, 6) is 0.0877. The van der Waals surface area contributed by atoms with Gasteiger partial charge in [-0.1, -0.05) is 0 Å². The molecule has 0 bridgehead atoms. The van der Waals surface area contributed by atoms with E-state index in [-0.39, 0.29) is 17.5 Å². The van der Waals surface area contributed by atoms with Gasteiger partial charge in [-0.3, -0.25) is 0 Å². The zero-order valence-electron chi connectivity index (χ0n) is 11.2. The second-order valence-electron chi connectivity index (χ2n) is 5.11. The molecule has 0 aliphatic carbocycles. The Morgan fingerprint density at radius 1 is 1.53 bits per heavy atom. The van der Waals surface area contributed by atoms with Crippen LogP contribution in [0.4, 0.5) is 4.79 Å². The van der Waals surface area contributed by atoms with Crippen LogP contribution in [0, 0.1) is 11.1 Å². The lowest BCUT2D eigenvalue weighted by molar-refractivity contribution is -0.727. The van der Waals surface area contributed by atoms with Crippen molar-refractivity contribution < 1.29 is 29.2 Å². The number of nitrogens with zero attached hydrogens (tertiary/aromatic N) is 3. The van der Waals surface area contributed by atoms with Gasteiger partial charge in [0.2, 0.25) is 5.28 Å². The van der Waals surface area contributed by atoms with Crippen LogP contribution in [0.15, 0.2) is 5.28 Å². The summed E-state index contributed by atoms with van der Waals surface area (Å²) < 4.78 is 9.38. The Kier molecular flexibility index (Phi) is 5.16. The molecule has 9 nitrogen and oxygen atoms in total. The molecule has 0 aromatic carbocycles. The number of rotatable bonds is 5. The SMILES string of the molecule is CC(C)(C)OC(=O)OCON=[N+]([O-])N1CC(CO)C1. The van der Waals surface area contributed by atoms with Crippen LogP contribution in [0.2, 0.25) is 0 Å². The number of carbonyl (C=O) groups is 1. The predicted molar refractivity (Wildman–Crippen MR) is 61.5 cm³/mol. The molecule has 1 rings (SSSR count). The average Bonchev–Trinajstić information content (AvgIpc) is 2.20. The van der Waals surface area contributed by atoms with E-state index in [4.69, 9.17) is 9.84 Å². The molecule has 1 fully saturated rings. The Balaban J connectivity index is 2.15. The molecule has 0 radical (unpaired) electrons. The minimum atomic E-state index is -0.899. The maximum Gasteiger partial charge on any atom is 0.511 e. The molecule has 1 N–H and O–H groups in total. The lowest BCUT2D eigenvalue weighted by Crippen LogP contribution is -2.51. The van der Waals surface area contributed by atoms with Gasteiger partial charge in [-0.25, -0.2) is 4.79 Å². The first-order chi connectivity index (χ1) is 8.81. The fraction of sp³-hybridized carbons (Fsp3) is 0.900.